The predicted molar refractivity (Wildman–Crippen MR) is 96.0 cm³/mol. The zero-order chi connectivity index (χ0) is 15.8. The zero-order valence-corrected chi connectivity index (χ0v) is 14.6. The van der Waals surface area contributed by atoms with E-state index in [2.05, 4.69) is 15.7 Å². The van der Waals surface area contributed by atoms with Crippen LogP contribution >= 0.6 is 12.4 Å². The summed E-state index contributed by atoms with van der Waals surface area (Å²) in [5, 5.41) is 11.2. The smallest absolute Gasteiger partial charge is 0.254 e. The minimum Gasteiger partial charge on any atom is -0.349 e. The highest BCUT2D eigenvalue weighted by molar-refractivity contribution is 5.95. The number of carbonyl (C=O) groups is 1. The second-order valence-electron chi connectivity index (χ2n) is 6.67. The summed E-state index contributed by atoms with van der Waals surface area (Å²) in [4.78, 5) is 12.6. The van der Waals surface area contributed by atoms with Gasteiger partial charge < -0.3 is 10.6 Å². The van der Waals surface area contributed by atoms with Crippen LogP contribution in [-0.4, -0.2) is 33.8 Å². The molecule has 4 rings (SSSR count). The van der Waals surface area contributed by atoms with Gasteiger partial charge in [-0.05, 0) is 44.7 Å². The highest BCUT2D eigenvalue weighted by Gasteiger charge is 2.34. The standard InChI is InChI=1S/C18H22N4O.ClH/c1-12-17(11-19-22(12)16-5-3-2-4-6-16)18(23)21-15-9-13-7-8-14(10-15)20-13;/h2-6,11,13-15,20H,7-10H2,1H3,(H,21,23);1H. The molecule has 1 aromatic carbocycles. The Balaban J connectivity index is 0.00000169. The number of hydrogen-bond donors (Lipinski definition) is 2. The molecular weight excluding hydrogens is 324 g/mol. The highest BCUT2D eigenvalue weighted by Crippen LogP contribution is 2.27. The molecule has 2 aliphatic heterocycles. The molecule has 2 atom stereocenters. The molecule has 3 heterocycles. The summed E-state index contributed by atoms with van der Waals surface area (Å²) in [6.07, 6.45) is 6.22. The second kappa shape index (κ2) is 6.95. The van der Waals surface area contributed by atoms with Crippen LogP contribution in [0.2, 0.25) is 0 Å². The number of hydrogen-bond acceptors (Lipinski definition) is 3. The number of benzene rings is 1. The van der Waals surface area contributed by atoms with Crippen molar-refractivity contribution >= 4 is 18.3 Å². The Kier molecular flexibility index (Phi) is 4.92. The molecule has 24 heavy (non-hydrogen) atoms. The number of para-hydroxylation sites is 1. The Labute approximate surface area is 148 Å². The molecular formula is C18H23ClN4O. The van der Waals surface area contributed by atoms with Crippen LogP contribution in [0.25, 0.3) is 5.69 Å². The van der Waals surface area contributed by atoms with Gasteiger partial charge in [-0.1, -0.05) is 18.2 Å². The van der Waals surface area contributed by atoms with Crippen LogP contribution in [0.3, 0.4) is 0 Å². The van der Waals surface area contributed by atoms with E-state index in [0.29, 0.717) is 17.6 Å². The maximum absolute atomic E-state index is 12.6. The summed E-state index contributed by atoms with van der Waals surface area (Å²) in [6.45, 7) is 1.95. The zero-order valence-electron chi connectivity index (χ0n) is 13.7. The number of carbonyl (C=O) groups excluding carboxylic acids is 1. The van der Waals surface area contributed by atoms with Gasteiger partial charge in [0, 0.05) is 18.1 Å². The lowest BCUT2D eigenvalue weighted by atomic mass is 9.99. The first kappa shape index (κ1) is 17.0. The summed E-state index contributed by atoms with van der Waals surface area (Å²) in [7, 11) is 0. The van der Waals surface area contributed by atoms with Crippen molar-refractivity contribution in [3.63, 3.8) is 0 Å². The Hall–Kier alpha value is -1.85. The Morgan fingerprint density at radius 3 is 2.54 bits per heavy atom. The van der Waals surface area contributed by atoms with Gasteiger partial charge in [-0.15, -0.1) is 12.4 Å². The average molecular weight is 347 g/mol. The fourth-order valence-corrected chi connectivity index (χ4v) is 3.90. The number of rotatable bonds is 3. The number of aromatic nitrogens is 2. The van der Waals surface area contributed by atoms with Crippen molar-refractivity contribution in [2.45, 2.75) is 50.7 Å². The van der Waals surface area contributed by atoms with E-state index in [1.54, 1.807) is 6.20 Å². The maximum atomic E-state index is 12.6. The first-order valence-corrected chi connectivity index (χ1v) is 8.37. The van der Waals surface area contributed by atoms with E-state index in [1.807, 2.05) is 41.9 Å². The van der Waals surface area contributed by atoms with E-state index in [4.69, 9.17) is 0 Å². The molecule has 0 spiro atoms. The molecule has 0 aliphatic carbocycles. The first-order chi connectivity index (χ1) is 11.2. The number of piperidine rings is 1. The molecule has 2 aliphatic rings. The summed E-state index contributed by atoms with van der Waals surface area (Å²) in [6, 6.07) is 11.3. The van der Waals surface area contributed by atoms with E-state index in [1.165, 1.54) is 12.8 Å². The van der Waals surface area contributed by atoms with Crippen molar-refractivity contribution in [2.75, 3.05) is 0 Å². The summed E-state index contributed by atoms with van der Waals surface area (Å²) in [5.41, 5.74) is 2.52. The third kappa shape index (κ3) is 3.19. The molecule has 0 radical (unpaired) electrons. The largest absolute Gasteiger partial charge is 0.349 e. The van der Waals surface area contributed by atoms with Gasteiger partial charge in [-0.25, -0.2) is 4.68 Å². The molecule has 1 amide bonds. The first-order valence-electron chi connectivity index (χ1n) is 8.37. The van der Waals surface area contributed by atoms with E-state index < -0.39 is 0 Å². The number of halogens is 1. The number of amides is 1. The lowest BCUT2D eigenvalue weighted by Crippen LogP contribution is -2.48. The molecule has 2 saturated heterocycles. The minimum absolute atomic E-state index is 0. The van der Waals surface area contributed by atoms with Gasteiger partial charge in [-0.2, -0.15) is 5.10 Å². The van der Waals surface area contributed by atoms with Crippen molar-refractivity contribution in [2.24, 2.45) is 0 Å². The SMILES string of the molecule is Cc1c(C(=O)NC2CC3CCC(C2)N3)cnn1-c1ccccc1.Cl. The van der Waals surface area contributed by atoms with Crippen LogP contribution < -0.4 is 10.6 Å². The van der Waals surface area contributed by atoms with Gasteiger partial charge in [-0.3, -0.25) is 4.79 Å². The lowest BCUT2D eigenvalue weighted by Gasteiger charge is -2.29. The normalized spacial score (nSPS) is 25.1. The molecule has 2 aromatic rings. The lowest BCUT2D eigenvalue weighted by molar-refractivity contribution is 0.0923. The molecule has 128 valence electrons. The number of nitrogens with one attached hydrogen (secondary N) is 2. The van der Waals surface area contributed by atoms with Gasteiger partial charge in [0.25, 0.3) is 5.91 Å². The highest BCUT2D eigenvalue weighted by atomic mass is 35.5. The van der Waals surface area contributed by atoms with Crippen LogP contribution in [0.15, 0.2) is 36.5 Å². The Bertz CT molecular complexity index is 703. The third-order valence-corrected chi connectivity index (χ3v) is 5.06. The average Bonchev–Trinajstić information content (AvgIpc) is 3.10. The molecule has 2 N–H and O–H groups in total. The van der Waals surface area contributed by atoms with Crippen molar-refractivity contribution in [3.8, 4) is 5.69 Å². The fourth-order valence-electron chi connectivity index (χ4n) is 3.90. The van der Waals surface area contributed by atoms with E-state index in [9.17, 15) is 4.79 Å². The van der Waals surface area contributed by atoms with Crippen LogP contribution in [0.5, 0.6) is 0 Å². The van der Waals surface area contributed by atoms with Crippen LogP contribution in [-0.2, 0) is 0 Å². The summed E-state index contributed by atoms with van der Waals surface area (Å²) >= 11 is 0. The molecule has 2 unspecified atom stereocenters. The van der Waals surface area contributed by atoms with Crippen molar-refractivity contribution in [1.29, 1.82) is 0 Å². The number of nitrogens with zero attached hydrogens (tertiary/aromatic N) is 2. The maximum Gasteiger partial charge on any atom is 0.254 e. The molecule has 2 fully saturated rings. The fraction of sp³-hybridized carbons (Fsp3) is 0.444. The predicted octanol–water partition coefficient (Wildman–Crippen LogP) is 2.62. The minimum atomic E-state index is -0.00372. The van der Waals surface area contributed by atoms with Crippen molar-refractivity contribution in [3.05, 3.63) is 47.8 Å². The molecule has 6 heteroatoms. The Morgan fingerprint density at radius 2 is 1.88 bits per heavy atom. The number of fused-ring (bicyclic) bond motifs is 2. The van der Waals surface area contributed by atoms with E-state index in [-0.39, 0.29) is 24.4 Å². The van der Waals surface area contributed by atoms with Crippen molar-refractivity contribution in [1.82, 2.24) is 20.4 Å². The van der Waals surface area contributed by atoms with Gasteiger partial charge >= 0.3 is 0 Å². The van der Waals surface area contributed by atoms with Gasteiger partial charge in [0.15, 0.2) is 0 Å². The molecule has 5 nitrogen and oxygen atoms in total. The second-order valence-corrected chi connectivity index (χ2v) is 6.67. The monoisotopic (exact) mass is 346 g/mol. The van der Waals surface area contributed by atoms with Crippen molar-refractivity contribution < 1.29 is 4.79 Å². The van der Waals surface area contributed by atoms with Gasteiger partial charge in [0.1, 0.15) is 0 Å². The van der Waals surface area contributed by atoms with Gasteiger partial charge in [0.05, 0.1) is 23.1 Å². The molecule has 1 aromatic heterocycles. The topological polar surface area (TPSA) is 59.0 Å². The van der Waals surface area contributed by atoms with Crippen LogP contribution in [0.1, 0.15) is 41.7 Å². The van der Waals surface area contributed by atoms with E-state index >= 15 is 0 Å². The third-order valence-electron chi connectivity index (χ3n) is 5.06. The molecule has 0 saturated carbocycles. The molecule has 2 bridgehead atoms. The quantitative estimate of drug-likeness (QED) is 0.898. The Morgan fingerprint density at radius 1 is 1.21 bits per heavy atom. The summed E-state index contributed by atoms with van der Waals surface area (Å²) in [5.74, 6) is -0.00372. The van der Waals surface area contributed by atoms with Crippen LogP contribution in [0, 0.1) is 6.92 Å². The summed E-state index contributed by atoms with van der Waals surface area (Å²) < 4.78 is 1.82. The van der Waals surface area contributed by atoms with Gasteiger partial charge in [0.2, 0.25) is 0 Å². The van der Waals surface area contributed by atoms with Crippen LogP contribution in [0.4, 0.5) is 0 Å². The van der Waals surface area contributed by atoms with E-state index in [0.717, 1.165) is 24.2 Å².